The van der Waals surface area contributed by atoms with Gasteiger partial charge < -0.3 is 4.90 Å². The average Bonchev–Trinajstić information content (AvgIpc) is 2.45. The molecule has 0 saturated carbocycles. The van der Waals surface area contributed by atoms with Gasteiger partial charge in [0.2, 0.25) is 0 Å². The molecule has 0 saturated heterocycles. The van der Waals surface area contributed by atoms with Crippen LogP contribution in [0.3, 0.4) is 0 Å². The number of aryl methyl sites for hydroxylation is 1. The molecule has 20 heavy (non-hydrogen) atoms. The van der Waals surface area contributed by atoms with E-state index in [0.717, 1.165) is 17.5 Å². The highest BCUT2D eigenvalue weighted by atomic mass is 16.1. The van der Waals surface area contributed by atoms with Crippen LogP contribution in [0.25, 0.3) is 0 Å². The summed E-state index contributed by atoms with van der Waals surface area (Å²) in [4.78, 5) is 12.6. The minimum atomic E-state index is 0.345. The highest BCUT2D eigenvalue weighted by Gasteiger charge is 2.00. The third kappa shape index (κ3) is 6.37. The number of anilines is 1. The Morgan fingerprint density at radius 3 is 2.15 bits per heavy atom. The summed E-state index contributed by atoms with van der Waals surface area (Å²) in [5.74, 6) is 0.345. The van der Waals surface area contributed by atoms with Crippen LogP contribution in [0.1, 0.15) is 33.3 Å². The van der Waals surface area contributed by atoms with Gasteiger partial charge in [-0.05, 0) is 42.7 Å². The molecule has 110 valence electrons. The number of allylic oxidation sites excluding steroid dienone is 3. The van der Waals surface area contributed by atoms with E-state index in [1.807, 2.05) is 38.1 Å². The van der Waals surface area contributed by atoms with E-state index in [1.165, 1.54) is 5.56 Å². The number of carbonyl (C=O) groups excluding carboxylic acids is 1. The van der Waals surface area contributed by atoms with Crippen molar-refractivity contribution in [3.8, 4) is 0 Å². The molecule has 0 aromatic heterocycles. The molecule has 0 bridgehead atoms. The van der Waals surface area contributed by atoms with Crippen LogP contribution in [0.5, 0.6) is 0 Å². The Kier molecular flexibility index (Phi) is 9.10. The number of nitrogens with zero attached hydrogens (tertiary/aromatic N) is 1. The summed E-state index contributed by atoms with van der Waals surface area (Å²) in [6, 6.07) is 8.34. The monoisotopic (exact) mass is 273 g/mol. The number of hydrogen-bond acceptors (Lipinski definition) is 2. The zero-order valence-electron chi connectivity index (χ0n) is 13.6. The Balaban J connectivity index is 0.00000172. The van der Waals surface area contributed by atoms with E-state index >= 15 is 0 Å². The van der Waals surface area contributed by atoms with Gasteiger partial charge in [-0.1, -0.05) is 45.4 Å². The molecule has 0 spiro atoms. The average molecular weight is 273 g/mol. The van der Waals surface area contributed by atoms with Gasteiger partial charge >= 0.3 is 0 Å². The molecule has 1 aromatic rings. The van der Waals surface area contributed by atoms with Gasteiger partial charge in [-0.2, -0.15) is 0 Å². The van der Waals surface area contributed by atoms with Crippen molar-refractivity contribution in [2.24, 2.45) is 5.92 Å². The fourth-order valence-corrected chi connectivity index (χ4v) is 1.58. The predicted molar refractivity (Wildman–Crippen MR) is 89.1 cm³/mol. The van der Waals surface area contributed by atoms with E-state index in [1.54, 1.807) is 6.08 Å². The van der Waals surface area contributed by atoms with E-state index in [2.05, 4.69) is 45.0 Å². The largest absolute Gasteiger partial charge is 0.351 e. The molecule has 2 heteroatoms. The van der Waals surface area contributed by atoms with Crippen molar-refractivity contribution in [1.29, 1.82) is 0 Å². The van der Waals surface area contributed by atoms with Crippen LogP contribution in [0, 0.1) is 12.8 Å². The Morgan fingerprint density at radius 1 is 1.15 bits per heavy atom. The highest BCUT2D eigenvalue weighted by molar-refractivity contribution is 5.67. The summed E-state index contributed by atoms with van der Waals surface area (Å²) in [5, 5.41) is 0. The SMILES string of the molecule is CC.Cc1ccc(N(C)/C=C\C(=C/C=O)C(C)C)cc1. The molecule has 0 radical (unpaired) electrons. The quantitative estimate of drug-likeness (QED) is 0.438. The molecule has 0 N–H and O–H groups in total. The number of hydrogen-bond donors (Lipinski definition) is 0. The summed E-state index contributed by atoms with van der Waals surface area (Å²) in [5.41, 5.74) is 3.41. The van der Waals surface area contributed by atoms with Crippen LogP contribution < -0.4 is 4.90 Å². The van der Waals surface area contributed by atoms with Gasteiger partial charge in [-0.15, -0.1) is 0 Å². The standard InChI is InChI=1S/C16H21NO.C2H6/c1-13(2)15(10-12-18)9-11-17(4)16-7-5-14(3)6-8-16;1-2/h5-13H,1-4H3;1-2H3/b11-9-,15-10+;. The second-order valence-corrected chi connectivity index (χ2v) is 4.72. The van der Waals surface area contributed by atoms with Crippen molar-refractivity contribution in [3.05, 3.63) is 53.8 Å². The van der Waals surface area contributed by atoms with E-state index in [-0.39, 0.29) is 0 Å². The number of benzene rings is 1. The van der Waals surface area contributed by atoms with E-state index < -0.39 is 0 Å². The molecule has 2 nitrogen and oxygen atoms in total. The molecule has 0 amide bonds. The van der Waals surface area contributed by atoms with Crippen LogP contribution in [0.4, 0.5) is 5.69 Å². The maximum absolute atomic E-state index is 10.5. The summed E-state index contributed by atoms with van der Waals surface area (Å²) in [7, 11) is 2.00. The highest BCUT2D eigenvalue weighted by Crippen LogP contribution is 2.16. The minimum absolute atomic E-state index is 0.345. The lowest BCUT2D eigenvalue weighted by Gasteiger charge is -2.15. The van der Waals surface area contributed by atoms with Gasteiger partial charge in [0.05, 0.1) is 0 Å². The van der Waals surface area contributed by atoms with Crippen molar-refractivity contribution >= 4 is 12.0 Å². The number of rotatable bonds is 5. The summed E-state index contributed by atoms with van der Waals surface area (Å²) < 4.78 is 0. The van der Waals surface area contributed by atoms with Crippen molar-refractivity contribution < 1.29 is 4.79 Å². The first-order valence-electron chi connectivity index (χ1n) is 7.17. The Labute approximate surface area is 123 Å². The van der Waals surface area contributed by atoms with Crippen LogP contribution >= 0.6 is 0 Å². The van der Waals surface area contributed by atoms with Crippen molar-refractivity contribution in [1.82, 2.24) is 0 Å². The molecular weight excluding hydrogens is 246 g/mol. The van der Waals surface area contributed by atoms with Gasteiger partial charge in [0.25, 0.3) is 0 Å². The van der Waals surface area contributed by atoms with Crippen LogP contribution in [-0.2, 0) is 4.79 Å². The summed E-state index contributed by atoms with van der Waals surface area (Å²) >= 11 is 0. The molecule has 1 aromatic carbocycles. The van der Waals surface area contributed by atoms with Crippen molar-refractivity contribution in [2.45, 2.75) is 34.6 Å². The van der Waals surface area contributed by atoms with Gasteiger partial charge in [0.1, 0.15) is 6.29 Å². The molecule has 0 aliphatic carbocycles. The molecular formula is C18H27NO. The van der Waals surface area contributed by atoms with Crippen LogP contribution in [-0.4, -0.2) is 13.3 Å². The molecule has 0 aliphatic heterocycles. The summed E-state index contributed by atoms with van der Waals surface area (Å²) in [6.07, 6.45) is 6.43. The van der Waals surface area contributed by atoms with Gasteiger partial charge in [-0.25, -0.2) is 0 Å². The molecule has 0 aliphatic rings. The molecule has 0 fully saturated rings. The minimum Gasteiger partial charge on any atom is -0.351 e. The van der Waals surface area contributed by atoms with Gasteiger partial charge in [0, 0.05) is 18.9 Å². The zero-order valence-corrected chi connectivity index (χ0v) is 13.6. The lowest BCUT2D eigenvalue weighted by molar-refractivity contribution is -0.104. The normalized spacial score (nSPS) is 11.2. The third-order valence-corrected chi connectivity index (χ3v) is 2.86. The van der Waals surface area contributed by atoms with Gasteiger partial charge in [-0.3, -0.25) is 4.79 Å². The van der Waals surface area contributed by atoms with E-state index in [4.69, 9.17) is 0 Å². The summed E-state index contributed by atoms with van der Waals surface area (Å²) in [6.45, 7) is 10.2. The zero-order chi connectivity index (χ0) is 15.5. The maximum Gasteiger partial charge on any atom is 0.143 e. The smallest absolute Gasteiger partial charge is 0.143 e. The first-order chi connectivity index (χ1) is 9.54. The Morgan fingerprint density at radius 2 is 1.70 bits per heavy atom. The van der Waals surface area contributed by atoms with E-state index in [0.29, 0.717) is 5.92 Å². The second kappa shape index (κ2) is 10.0. The Hall–Kier alpha value is -1.83. The number of carbonyl (C=O) groups is 1. The van der Waals surface area contributed by atoms with Crippen molar-refractivity contribution in [3.63, 3.8) is 0 Å². The topological polar surface area (TPSA) is 20.3 Å². The molecule has 0 unspecified atom stereocenters. The molecule has 1 rings (SSSR count). The third-order valence-electron chi connectivity index (χ3n) is 2.86. The second-order valence-electron chi connectivity index (χ2n) is 4.72. The van der Waals surface area contributed by atoms with Gasteiger partial charge in [0.15, 0.2) is 0 Å². The number of aldehydes is 1. The van der Waals surface area contributed by atoms with Crippen LogP contribution in [0.15, 0.2) is 48.2 Å². The fraction of sp³-hybridized carbons (Fsp3) is 0.389. The predicted octanol–water partition coefficient (Wildman–Crippen LogP) is 4.75. The first-order valence-corrected chi connectivity index (χ1v) is 7.17. The Bertz CT molecular complexity index is 441. The lowest BCUT2D eigenvalue weighted by atomic mass is 10.0. The maximum atomic E-state index is 10.5. The van der Waals surface area contributed by atoms with E-state index in [9.17, 15) is 4.79 Å². The van der Waals surface area contributed by atoms with Crippen LogP contribution in [0.2, 0.25) is 0 Å². The lowest BCUT2D eigenvalue weighted by Crippen LogP contribution is -2.08. The fourth-order valence-electron chi connectivity index (χ4n) is 1.58. The molecule has 0 atom stereocenters. The van der Waals surface area contributed by atoms with Crippen molar-refractivity contribution in [2.75, 3.05) is 11.9 Å². The first kappa shape index (κ1) is 18.2. The molecule has 0 heterocycles.